The number of sulfonamides is 1. The fourth-order valence-electron chi connectivity index (χ4n) is 2.97. The summed E-state index contributed by atoms with van der Waals surface area (Å²) in [6, 6.07) is 3.76. The van der Waals surface area contributed by atoms with Crippen molar-refractivity contribution in [2.45, 2.75) is 4.90 Å². The molecule has 1 aromatic rings. The van der Waals surface area contributed by atoms with Gasteiger partial charge >= 0.3 is 5.97 Å². The van der Waals surface area contributed by atoms with Crippen molar-refractivity contribution in [2.24, 2.45) is 17.8 Å². The van der Waals surface area contributed by atoms with Crippen LogP contribution in [0, 0.1) is 17.8 Å². The number of benzene rings is 1. The minimum absolute atomic E-state index is 0.0992. The van der Waals surface area contributed by atoms with Crippen LogP contribution in [0.3, 0.4) is 0 Å². The predicted octanol–water partition coefficient (Wildman–Crippen LogP) is 0.564. The third-order valence-corrected chi connectivity index (χ3v) is 5.78. The third-order valence-electron chi connectivity index (χ3n) is 4.34. The van der Waals surface area contributed by atoms with E-state index in [1.807, 2.05) is 0 Å². The highest BCUT2D eigenvalue weighted by Crippen LogP contribution is 2.50. The summed E-state index contributed by atoms with van der Waals surface area (Å²) in [5, 5.41) is 9.01. The summed E-state index contributed by atoms with van der Waals surface area (Å²) in [5.74, 6) is 0.117. The molecule has 2 unspecified atom stereocenters. The Morgan fingerprint density at radius 3 is 2.68 bits per heavy atom. The van der Waals surface area contributed by atoms with Crippen LogP contribution < -0.4 is 9.46 Å². The molecule has 1 aromatic carbocycles. The Morgan fingerprint density at radius 1 is 1.41 bits per heavy atom. The molecule has 1 saturated carbocycles. The molecule has 2 fully saturated rings. The molecular formula is C14H17NO6S. The van der Waals surface area contributed by atoms with Gasteiger partial charge < -0.3 is 14.6 Å². The Balaban J connectivity index is 1.78. The van der Waals surface area contributed by atoms with Crippen molar-refractivity contribution >= 4 is 16.0 Å². The van der Waals surface area contributed by atoms with E-state index in [4.69, 9.17) is 14.6 Å². The number of fused-ring (bicyclic) bond motifs is 1. The molecule has 22 heavy (non-hydrogen) atoms. The van der Waals surface area contributed by atoms with Crippen LogP contribution in [0.2, 0.25) is 0 Å². The number of hydrogen-bond acceptors (Lipinski definition) is 5. The van der Waals surface area contributed by atoms with Gasteiger partial charge in [0, 0.05) is 6.54 Å². The Morgan fingerprint density at radius 2 is 2.09 bits per heavy atom. The molecule has 0 aromatic heterocycles. The van der Waals surface area contributed by atoms with Crippen LogP contribution >= 0.6 is 0 Å². The van der Waals surface area contributed by atoms with Gasteiger partial charge in [0.2, 0.25) is 10.0 Å². The molecule has 2 N–H and O–H groups in total. The fraction of sp³-hybridized carbons (Fsp3) is 0.500. The van der Waals surface area contributed by atoms with E-state index in [0.29, 0.717) is 37.5 Å². The maximum absolute atomic E-state index is 12.4. The van der Waals surface area contributed by atoms with Gasteiger partial charge in [-0.1, -0.05) is 0 Å². The third kappa shape index (κ3) is 2.69. The second-order valence-electron chi connectivity index (χ2n) is 5.55. The Hall–Kier alpha value is -1.64. The topological polar surface area (TPSA) is 102 Å². The van der Waals surface area contributed by atoms with E-state index in [2.05, 4.69) is 4.72 Å². The summed E-state index contributed by atoms with van der Waals surface area (Å²) < 4.78 is 37.7. The molecule has 0 radical (unpaired) electrons. The maximum atomic E-state index is 12.4. The lowest BCUT2D eigenvalue weighted by Crippen LogP contribution is -2.28. The number of carboxylic acids is 1. The first-order chi connectivity index (χ1) is 10.4. The number of carboxylic acid groups (broad SMARTS) is 1. The number of ether oxygens (including phenoxy) is 2. The number of aromatic carboxylic acids is 1. The van der Waals surface area contributed by atoms with Gasteiger partial charge in [0.05, 0.1) is 25.9 Å². The molecule has 1 saturated heterocycles. The van der Waals surface area contributed by atoms with Crippen LogP contribution in [0.4, 0.5) is 0 Å². The zero-order valence-corrected chi connectivity index (χ0v) is 12.8. The van der Waals surface area contributed by atoms with Crippen LogP contribution in [0.25, 0.3) is 0 Å². The first kappa shape index (κ1) is 15.3. The van der Waals surface area contributed by atoms with E-state index in [0.717, 1.165) is 6.07 Å². The highest BCUT2D eigenvalue weighted by Gasteiger charge is 2.53. The molecule has 7 nitrogen and oxygen atoms in total. The van der Waals surface area contributed by atoms with E-state index in [1.165, 1.54) is 19.2 Å². The van der Waals surface area contributed by atoms with Crippen molar-refractivity contribution in [3.8, 4) is 5.75 Å². The van der Waals surface area contributed by atoms with Crippen molar-refractivity contribution < 1.29 is 27.8 Å². The SMILES string of the molecule is COc1ccc(C(=O)O)cc1S(=O)(=O)NCC1C2COCC12. The molecule has 2 aliphatic rings. The van der Waals surface area contributed by atoms with Crippen molar-refractivity contribution in [1.29, 1.82) is 0 Å². The summed E-state index contributed by atoms with van der Waals surface area (Å²) in [7, 11) is -2.48. The number of hydrogen-bond donors (Lipinski definition) is 2. The van der Waals surface area contributed by atoms with E-state index >= 15 is 0 Å². The van der Waals surface area contributed by atoms with Crippen molar-refractivity contribution in [1.82, 2.24) is 4.72 Å². The van der Waals surface area contributed by atoms with Gasteiger partial charge in [0.25, 0.3) is 0 Å². The summed E-state index contributed by atoms with van der Waals surface area (Å²) in [4.78, 5) is 10.9. The Labute approximate surface area is 128 Å². The average molecular weight is 327 g/mol. The molecular weight excluding hydrogens is 310 g/mol. The molecule has 8 heteroatoms. The Kier molecular flexibility index (Phi) is 3.84. The minimum atomic E-state index is -3.82. The lowest BCUT2D eigenvalue weighted by atomic mass is 10.2. The number of carbonyl (C=O) groups is 1. The second-order valence-corrected chi connectivity index (χ2v) is 7.29. The van der Waals surface area contributed by atoms with Gasteiger partial charge in [0.15, 0.2) is 0 Å². The lowest BCUT2D eigenvalue weighted by Gasteiger charge is -2.12. The highest BCUT2D eigenvalue weighted by molar-refractivity contribution is 7.89. The van der Waals surface area contributed by atoms with E-state index in [9.17, 15) is 13.2 Å². The van der Waals surface area contributed by atoms with Crippen molar-refractivity contribution in [3.63, 3.8) is 0 Å². The lowest BCUT2D eigenvalue weighted by molar-refractivity contribution is 0.0696. The molecule has 0 spiro atoms. The van der Waals surface area contributed by atoms with Gasteiger partial charge in [-0.25, -0.2) is 17.9 Å². The molecule has 2 atom stereocenters. The van der Waals surface area contributed by atoms with Gasteiger partial charge in [0.1, 0.15) is 10.6 Å². The largest absolute Gasteiger partial charge is 0.495 e. The summed E-state index contributed by atoms with van der Waals surface area (Å²) in [6.07, 6.45) is 0. The van der Waals surface area contributed by atoms with E-state index in [1.54, 1.807) is 0 Å². The van der Waals surface area contributed by atoms with Gasteiger partial charge in [-0.05, 0) is 36.0 Å². The zero-order valence-electron chi connectivity index (χ0n) is 12.0. The monoisotopic (exact) mass is 327 g/mol. The van der Waals surface area contributed by atoms with Crippen LogP contribution in [0.1, 0.15) is 10.4 Å². The van der Waals surface area contributed by atoms with E-state index in [-0.39, 0.29) is 16.2 Å². The first-order valence-electron chi connectivity index (χ1n) is 6.93. The Bertz CT molecular complexity index is 691. The highest BCUT2D eigenvalue weighted by atomic mass is 32.2. The minimum Gasteiger partial charge on any atom is -0.495 e. The summed E-state index contributed by atoms with van der Waals surface area (Å²) in [5.41, 5.74) is -0.0992. The average Bonchev–Trinajstić information content (AvgIpc) is 2.92. The van der Waals surface area contributed by atoms with Gasteiger partial charge in [-0.3, -0.25) is 0 Å². The van der Waals surface area contributed by atoms with E-state index < -0.39 is 16.0 Å². The smallest absolute Gasteiger partial charge is 0.335 e. The van der Waals surface area contributed by atoms with Gasteiger partial charge in [-0.2, -0.15) is 0 Å². The maximum Gasteiger partial charge on any atom is 0.335 e. The molecule has 120 valence electrons. The summed E-state index contributed by atoms with van der Waals surface area (Å²) >= 11 is 0. The second kappa shape index (κ2) is 5.53. The summed E-state index contributed by atoms with van der Waals surface area (Å²) in [6.45, 7) is 1.71. The molecule has 0 amide bonds. The molecule has 1 aliphatic carbocycles. The van der Waals surface area contributed by atoms with Crippen LogP contribution in [-0.2, 0) is 14.8 Å². The molecule has 0 bridgehead atoms. The normalized spacial score (nSPS) is 26.5. The molecule has 1 heterocycles. The van der Waals surface area contributed by atoms with Crippen LogP contribution in [0.15, 0.2) is 23.1 Å². The zero-order chi connectivity index (χ0) is 15.9. The standard InChI is InChI=1S/C14H17NO6S/c1-20-12-3-2-8(14(16)17)4-13(12)22(18,19)15-5-9-10-6-21-7-11(9)10/h2-4,9-11,15H,5-7H2,1H3,(H,16,17). The van der Waals surface area contributed by atoms with Crippen molar-refractivity contribution in [3.05, 3.63) is 23.8 Å². The first-order valence-corrected chi connectivity index (χ1v) is 8.41. The van der Waals surface area contributed by atoms with Crippen LogP contribution in [0.5, 0.6) is 5.75 Å². The molecule has 1 aliphatic heterocycles. The number of nitrogens with one attached hydrogen (secondary N) is 1. The predicted molar refractivity (Wildman–Crippen MR) is 76.4 cm³/mol. The fourth-order valence-corrected chi connectivity index (χ4v) is 4.23. The quantitative estimate of drug-likeness (QED) is 0.792. The van der Waals surface area contributed by atoms with Crippen LogP contribution in [-0.4, -0.2) is 46.4 Å². The molecule has 3 rings (SSSR count). The van der Waals surface area contributed by atoms with Gasteiger partial charge in [-0.15, -0.1) is 0 Å². The van der Waals surface area contributed by atoms with Crippen molar-refractivity contribution in [2.75, 3.05) is 26.9 Å². The number of methoxy groups -OCH3 is 1. The number of rotatable bonds is 6.